The first kappa shape index (κ1) is 21.4. The summed E-state index contributed by atoms with van der Waals surface area (Å²) in [7, 11) is 0. The summed E-state index contributed by atoms with van der Waals surface area (Å²) in [6.45, 7) is 4.36. The summed E-state index contributed by atoms with van der Waals surface area (Å²) in [4.78, 5) is 28.3. The summed E-state index contributed by atoms with van der Waals surface area (Å²) in [5, 5.41) is 3.16. The fourth-order valence-corrected chi connectivity index (χ4v) is 4.46. The maximum absolute atomic E-state index is 13.7. The molecule has 0 heterocycles. The Morgan fingerprint density at radius 3 is 2.17 bits per heavy atom. The molecule has 29 heavy (non-hydrogen) atoms. The number of benzene rings is 2. The maximum Gasteiger partial charge on any atom is 0.250 e. The van der Waals surface area contributed by atoms with Crippen molar-refractivity contribution in [3.05, 3.63) is 65.2 Å². The molecule has 2 aromatic rings. The minimum atomic E-state index is -0.880. The molecule has 2 amide bonds. The van der Waals surface area contributed by atoms with Gasteiger partial charge in [-0.1, -0.05) is 67.8 Å². The highest BCUT2D eigenvalue weighted by molar-refractivity contribution is 6.27. The van der Waals surface area contributed by atoms with Crippen LogP contribution in [0.3, 0.4) is 0 Å². The predicted octanol–water partition coefficient (Wildman–Crippen LogP) is 5.21. The van der Waals surface area contributed by atoms with Crippen LogP contribution in [0.25, 0.3) is 0 Å². The number of nitrogens with zero attached hydrogens (tertiary/aromatic N) is 1. The van der Waals surface area contributed by atoms with Gasteiger partial charge in [0, 0.05) is 12.2 Å². The summed E-state index contributed by atoms with van der Waals surface area (Å²) < 4.78 is 0. The summed E-state index contributed by atoms with van der Waals surface area (Å²) >= 11 is 5.99. The number of rotatable bonds is 6. The molecule has 0 saturated heterocycles. The molecule has 0 aliphatic heterocycles. The lowest BCUT2D eigenvalue weighted by Gasteiger charge is -2.45. The van der Waals surface area contributed by atoms with Gasteiger partial charge in [0.1, 0.15) is 11.4 Å². The molecule has 4 nitrogen and oxygen atoms in total. The molecule has 1 fully saturated rings. The van der Waals surface area contributed by atoms with Crippen LogP contribution in [0.5, 0.6) is 0 Å². The number of hydrogen-bond acceptors (Lipinski definition) is 2. The number of carbonyl (C=O) groups is 2. The standard InChI is InChI=1S/C24H29ClN2O2/c1-18-10-9-11-19(2)22(18)26-23(29)24(14-7-4-8-15-24)27(21(28)16-25)17-20-12-5-3-6-13-20/h3,5-6,9-13H,4,7-8,14-17H2,1-2H3,(H,26,29). The monoisotopic (exact) mass is 412 g/mol. The number of hydrogen-bond donors (Lipinski definition) is 1. The second kappa shape index (κ2) is 9.45. The van der Waals surface area contributed by atoms with Crippen LogP contribution >= 0.6 is 11.6 Å². The van der Waals surface area contributed by atoms with Crippen molar-refractivity contribution >= 4 is 29.1 Å². The number of amides is 2. The quantitative estimate of drug-likeness (QED) is 0.662. The summed E-state index contributed by atoms with van der Waals surface area (Å²) in [5.41, 5.74) is 2.98. The third-order valence-corrected chi connectivity index (χ3v) is 6.17. The summed E-state index contributed by atoms with van der Waals surface area (Å²) in [5.74, 6) is -0.441. The summed E-state index contributed by atoms with van der Waals surface area (Å²) in [6, 6.07) is 15.8. The SMILES string of the molecule is Cc1cccc(C)c1NC(=O)C1(N(Cc2ccccc2)C(=O)CCl)CCCCC1. The van der Waals surface area contributed by atoms with E-state index in [-0.39, 0.29) is 17.7 Å². The lowest BCUT2D eigenvalue weighted by Crippen LogP contribution is -2.60. The molecular weight excluding hydrogens is 384 g/mol. The molecular formula is C24H29ClN2O2. The maximum atomic E-state index is 13.7. The van der Waals surface area contributed by atoms with Gasteiger partial charge in [-0.05, 0) is 43.4 Å². The molecule has 1 saturated carbocycles. The second-order valence-corrected chi connectivity index (χ2v) is 8.18. The van der Waals surface area contributed by atoms with Gasteiger partial charge in [-0.3, -0.25) is 9.59 Å². The van der Waals surface area contributed by atoms with Crippen molar-refractivity contribution in [2.45, 2.75) is 58.0 Å². The molecule has 0 aromatic heterocycles. The zero-order valence-corrected chi connectivity index (χ0v) is 18.0. The molecule has 2 aromatic carbocycles. The van der Waals surface area contributed by atoms with E-state index in [1.165, 1.54) is 0 Å². The van der Waals surface area contributed by atoms with Crippen LogP contribution in [0.4, 0.5) is 5.69 Å². The molecule has 0 atom stereocenters. The number of para-hydroxylation sites is 1. The molecule has 0 spiro atoms. The predicted molar refractivity (Wildman–Crippen MR) is 118 cm³/mol. The Morgan fingerprint density at radius 2 is 1.59 bits per heavy atom. The van der Waals surface area contributed by atoms with Crippen molar-refractivity contribution in [2.75, 3.05) is 11.2 Å². The normalized spacial score (nSPS) is 15.6. The number of anilines is 1. The largest absolute Gasteiger partial charge is 0.324 e. The fraction of sp³-hybridized carbons (Fsp3) is 0.417. The van der Waals surface area contributed by atoms with Crippen LogP contribution in [-0.4, -0.2) is 28.1 Å². The molecule has 5 heteroatoms. The molecule has 3 rings (SSSR count). The number of alkyl halides is 1. The topological polar surface area (TPSA) is 49.4 Å². The highest BCUT2D eigenvalue weighted by Crippen LogP contribution is 2.37. The van der Waals surface area contributed by atoms with E-state index in [1.807, 2.05) is 62.4 Å². The van der Waals surface area contributed by atoms with E-state index >= 15 is 0 Å². The van der Waals surface area contributed by atoms with Gasteiger partial charge in [0.15, 0.2) is 0 Å². The Morgan fingerprint density at radius 1 is 0.966 bits per heavy atom. The second-order valence-electron chi connectivity index (χ2n) is 7.91. The van der Waals surface area contributed by atoms with Crippen LogP contribution in [0, 0.1) is 13.8 Å². The zero-order chi connectivity index (χ0) is 20.9. The van der Waals surface area contributed by atoms with E-state index in [2.05, 4.69) is 5.32 Å². The van der Waals surface area contributed by atoms with E-state index in [1.54, 1.807) is 4.90 Å². The first-order valence-electron chi connectivity index (χ1n) is 10.3. The molecule has 1 aliphatic carbocycles. The van der Waals surface area contributed by atoms with Crippen molar-refractivity contribution < 1.29 is 9.59 Å². The molecule has 0 unspecified atom stereocenters. The number of carbonyl (C=O) groups excluding carboxylic acids is 2. The molecule has 0 radical (unpaired) electrons. The van der Waals surface area contributed by atoms with E-state index in [9.17, 15) is 9.59 Å². The fourth-order valence-electron chi connectivity index (χ4n) is 4.31. The van der Waals surface area contributed by atoms with E-state index in [4.69, 9.17) is 11.6 Å². The van der Waals surface area contributed by atoms with Gasteiger partial charge >= 0.3 is 0 Å². The van der Waals surface area contributed by atoms with Crippen LogP contribution in [0.2, 0.25) is 0 Å². The van der Waals surface area contributed by atoms with Gasteiger partial charge in [0.25, 0.3) is 0 Å². The van der Waals surface area contributed by atoms with E-state index in [0.717, 1.165) is 41.6 Å². The van der Waals surface area contributed by atoms with Crippen LogP contribution in [0.15, 0.2) is 48.5 Å². The van der Waals surface area contributed by atoms with Crippen molar-refractivity contribution in [1.82, 2.24) is 4.90 Å². The minimum absolute atomic E-state index is 0.107. The van der Waals surface area contributed by atoms with Crippen molar-refractivity contribution in [3.63, 3.8) is 0 Å². The number of halogens is 1. The van der Waals surface area contributed by atoms with E-state index in [0.29, 0.717) is 19.4 Å². The number of aryl methyl sites for hydroxylation is 2. The smallest absolute Gasteiger partial charge is 0.250 e. The zero-order valence-electron chi connectivity index (χ0n) is 17.2. The first-order chi connectivity index (χ1) is 14.0. The Hall–Kier alpha value is -2.33. The van der Waals surface area contributed by atoms with Crippen molar-refractivity contribution in [1.29, 1.82) is 0 Å². The van der Waals surface area contributed by atoms with Crippen LogP contribution in [0.1, 0.15) is 48.8 Å². The molecule has 154 valence electrons. The van der Waals surface area contributed by atoms with Crippen LogP contribution < -0.4 is 5.32 Å². The van der Waals surface area contributed by atoms with Gasteiger partial charge in [0.2, 0.25) is 11.8 Å². The van der Waals surface area contributed by atoms with Gasteiger partial charge in [-0.15, -0.1) is 11.6 Å². The lowest BCUT2D eigenvalue weighted by atomic mass is 9.78. The molecule has 1 aliphatic rings. The van der Waals surface area contributed by atoms with Crippen molar-refractivity contribution in [3.8, 4) is 0 Å². The summed E-state index contributed by atoms with van der Waals surface area (Å²) in [6.07, 6.45) is 4.22. The number of nitrogens with one attached hydrogen (secondary N) is 1. The lowest BCUT2D eigenvalue weighted by molar-refractivity contribution is -0.147. The van der Waals surface area contributed by atoms with Crippen molar-refractivity contribution in [2.24, 2.45) is 0 Å². The molecule has 1 N–H and O–H groups in total. The van der Waals surface area contributed by atoms with Gasteiger partial charge in [-0.25, -0.2) is 0 Å². The Balaban J connectivity index is 1.98. The Kier molecular flexibility index (Phi) is 6.96. The Bertz CT molecular complexity index is 840. The Labute approximate surface area is 178 Å². The molecule has 0 bridgehead atoms. The minimum Gasteiger partial charge on any atom is -0.324 e. The van der Waals surface area contributed by atoms with Crippen LogP contribution in [-0.2, 0) is 16.1 Å². The van der Waals surface area contributed by atoms with Gasteiger partial charge in [0.05, 0.1) is 0 Å². The third kappa shape index (κ3) is 4.64. The average molecular weight is 413 g/mol. The third-order valence-electron chi connectivity index (χ3n) is 5.94. The van der Waals surface area contributed by atoms with E-state index < -0.39 is 5.54 Å². The average Bonchev–Trinajstić information content (AvgIpc) is 2.75. The van der Waals surface area contributed by atoms with Gasteiger partial charge < -0.3 is 10.2 Å². The van der Waals surface area contributed by atoms with Gasteiger partial charge in [-0.2, -0.15) is 0 Å². The first-order valence-corrected chi connectivity index (χ1v) is 10.8. The highest BCUT2D eigenvalue weighted by Gasteiger charge is 2.46. The highest BCUT2D eigenvalue weighted by atomic mass is 35.5.